The summed E-state index contributed by atoms with van der Waals surface area (Å²) in [5.74, 6) is 0.786. The Balaban J connectivity index is 1.79. The molecule has 0 saturated heterocycles. The Kier molecular flexibility index (Phi) is 4.19. The number of nitro benzene ring substituents is 1. The maximum atomic E-state index is 10.6. The Morgan fingerprint density at radius 2 is 2.32 bits per heavy atom. The van der Waals surface area contributed by atoms with Gasteiger partial charge in [-0.25, -0.2) is 4.98 Å². The normalized spacial score (nSPS) is 10.6. The molecule has 0 aliphatic rings. The number of benzene rings is 1. The molecular weight excluding hydrogens is 246 g/mol. The van der Waals surface area contributed by atoms with E-state index in [1.165, 1.54) is 6.07 Å². The van der Waals surface area contributed by atoms with Crippen LogP contribution in [0.15, 0.2) is 30.6 Å². The molecule has 0 unspecified atom stereocenters. The van der Waals surface area contributed by atoms with E-state index in [0.29, 0.717) is 6.54 Å². The molecule has 100 valence electrons. The summed E-state index contributed by atoms with van der Waals surface area (Å²) in [6.07, 6.45) is 2.39. The van der Waals surface area contributed by atoms with Crippen molar-refractivity contribution in [2.45, 2.75) is 13.0 Å². The van der Waals surface area contributed by atoms with E-state index in [4.69, 9.17) is 0 Å². The van der Waals surface area contributed by atoms with Crippen molar-refractivity contribution in [1.82, 2.24) is 20.1 Å². The third-order valence-corrected chi connectivity index (χ3v) is 2.62. The van der Waals surface area contributed by atoms with E-state index in [2.05, 4.69) is 15.4 Å². The Labute approximate surface area is 110 Å². The van der Waals surface area contributed by atoms with Gasteiger partial charge in [-0.2, -0.15) is 5.10 Å². The van der Waals surface area contributed by atoms with Gasteiger partial charge in [0.15, 0.2) is 5.82 Å². The van der Waals surface area contributed by atoms with E-state index < -0.39 is 0 Å². The van der Waals surface area contributed by atoms with Crippen molar-refractivity contribution in [3.8, 4) is 0 Å². The molecule has 0 amide bonds. The highest BCUT2D eigenvalue weighted by atomic mass is 16.6. The summed E-state index contributed by atoms with van der Waals surface area (Å²) in [6.45, 7) is 1.32. The fourth-order valence-electron chi connectivity index (χ4n) is 1.71. The van der Waals surface area contributed by atoms with Crippen molar-refractivity contribution in [2.75, 3.05) is 6.54 Å². The Bertz CT molecular complexity index is 567. The summed E-state index contributed by atoms with van der Waals surface area (Å²) in [5.41, 5.74) is 1.01. The Morgan fingerprint density at radius 3 is 3.00 bits per heavy atom. The third kappa shape index (κ3) is 3.85. The minimum absolute atomic E-state index is 0.116. The van der Waals surface area contributed by atoms with Gasteiger partial charge in [0.05, 0.1) is 4.92 Å². The highest BCUT2D eigenvalue weighted by molar-refractivity contribution is 5.34. The topological polar surface area (TPSA) is 85.9 Å². The number of hydrogen-bond acceptors (Lipinski definition) is 5. The molecule has 0 radical (unpaired) electrons. The molecule has 7 heteroatoms. The first-order valence-electron chi connectivity index (χ1n) is 5.94. The summed E-state index contributed by atoms with van der Waals surface area (Å²) in [5, 5.41) is 18.0. The van der Waals surface area contributed by atoms with Crippen LogP contribution in [0.5, 0.6) is 0 Å². The van der Waals surface area contributed by atoms with E-state index in [9.17, 15) is 10.1 Å². The standard InChI is InChI=1S/C12H15N5O2/c1-16-9-14-12(15-16)5-6-13-8-10-3-2-4-11(7-10)17(18)19/h2-4,7,9,13H,5-6,8H2,1H3. The lowest BCUT2D eigenvalue weighted by Gasteiger charge is -2.03. The van der Waals surface area contributed by atoms with Gasteiger partial charge in [-0.15, -0.1) is 0 Å². The van der Waals surface area contributed by atoms with Gasteiger partial charge in [0.2, 0.25) is 0 Å². The predicted molar refractivity (Wildman–Crippen MR) is 69.5 cm³/mol. The third-order valence-electron chi connectivity index (χ3n) is 2.62. The van der Waals surface area contributed by atoms with Crippen molar-refractivity contribution in [3.05, 3.63) is 52.1 Å². The molecule has 1 heterocycles. The summed E-state index contributed by atoms with van der Waals surface area (Å²) < 4.78 is 1.66. The first-order chi connectivity index (χ1) is 9.15. The second-order valence-electron chi connectivity index (χ2n) is 4.19. The quantitative estimate of drug-likeness (QED) is 0.477. The van der Waals surface area contributed by atoms with Crippen molar-refractivity contribution < 1.29 is 4.92 Å². The van der Waals surface area contributed by atoms with Crippen molar-refractivity contribution >= 4 is 5.69 Å². The van der Waals surface area contributed by atoms with E-state index in [1.54, 1.807) is 23.1 Å². The van der Waals surface area contributed by atoms with Gasteiger partial charge in [0.1, 0.15) is 6.33 Å². The number of aromatic nitrogens is 3. The van der Waals surface area contributed by atoms with Crippen LogP contribution in [0.25, 0.3) is 0 Å². The van der Waals surface area contributed by atoms with Crippen LogP contribution in [-0.4, -0.2) is 26.2 Å². The fraction of sp³-hybridized carbons (Fsp3) is 0.333. The summed E-state index contributed by atoms with van der Waals surface area (Å²) in [6, 6.07) is 6.61. The molecule has 19 heavy (non-hydrogen) atoms. The molecule has 7 nitrogen and oxygen atoms in total. The number of non-ortho nitro benzene ring substituents is 1. The second-order valence-corrected chi connectivity index (χ2v) is 4.19. The number of nitro groups is 1. The van der Waals surface area contributed by atoms with Gasteiger partial charge in [0, 0.05) is 38.7 Å². The van der Waals surface area contributed by atoms with Crippen LogP contribution in [0.2, 0.25) is 0 Å². The number of aryl methyl sites for hydroxylation is 1. The zero-order valence-electron chi connectivity index (χ0n) is 10.6. The van der Waals surface area contributed by atoms with Crippen molar-refractivity contribution in [1.29, 1.82) is 0 Å². The van der Waals surface area contributed by atoms with Gasteiger partial charge >= 0.3 is 0 Å². The molecule has 0 bridgehead atoms. The van der Waals surface area contributed by atoms with E-state index >= 15 is 0 Å². The molecule has 0 saturated carbocycles. The molecule has 0 spiro atoms. The number of nitrogens with zero attached hydrogens (tertiary/aromatic N) is 4. The van der Waals surface area contributed by atoms with Crippen molar-refractivity contribution in [3.63, 3.8) is 0 Å². The molecular formula is C12H15N5O2. The number of rotatable bonds is 6. The van der Waals surface area contributed by atoms with Gasteiger partial charge < -0.3 is 5.32 Å². The van der Waals surface area contributed by atoms with Gasteiger partial charge in [0.25, 0.3) is 5.69 Å². The molecule has 0 aliphatic carbocycles. The van der Waals surface area contributed by atoms with E-state index in [0.717, 1.165) is 24.4 Å². The maximum absolute atomic E-state index is 10.6. The van der Waals surface area contributed by atoms with Gasteiger partial charge in [-0.1, -0.05) is 12.1 Å². The second kappa shape index (κ2) is 6.05. The molecule has 0 aliphatic heterocycles. The van der Waals surface area contributed by atoms with E-state index in [-0.39, 0.29) is 10.6 Å². The predicted octanol–water partition coefficient (Wildman–Crippen LogP) is 1.06. The monoisotopic (exact) mass is 261 g/mol. The van der Waals surface area contributed by atoms with Gasteiger partial charge in [-0.05, 0) is 5.56 Å². The smallest absolute Gasteiger partial charge is 0.269 e. The first-order valence-corrected chi connectivity index (χ1v) is 5.94. The van der Waals surface area contributed by atoms with Crippen LogP contribution in [-0.2, 0) is 20.0 Å². The largest absolute Gasteiger partial charge is 0.312 e. The van der Waals surface area contributed by atoms with Crippen LogP contribution < -0.4 is 5.32 Å². The molecule has 2 aromatic rings. The summed E-state index contributed by atoms with van der Waals surface area (Å²) >= 11 is 0. The highest BCUT2D eigenvalue weighted by Gasteiger charge is 2.05. The van der Waals surface area contributed by atoms with Crippen LogP contribution >= 0.6 is 0 Å². The SMILES string of the molecule is Cn1cnc(CCNCc2cccc([N+](=O)[O-])c2)n1. The summed E-state index contributed by atoms with van der Waals surface area (Å²) in [7, 11) is 1.83. The average Bonchev–Trinajstić information content (AvgIpc) is 2.81. The average molecular weight is 261 g/mol. The Hall–Kier alpha value is -2.28. The minimum atomic E-state index is -0.388. The molecule has 0 fully saturated rings. The van der Waals surface area contributed by atoms with E-state index in [1.807, 2.05) is 13.1 Å². The molecule has 1 aromatic heterocycles. The molecule has 1 aromatic carbocycles. The molecule has 2 rings (SSSR count). The lowest BCUT2D eigenvalue weighted by molar-refractivity contribution is -0.384. The lowest BCUT2D eigenvalue weighted by atomic mass is 10.2. The number of nitrogens with one attached hydrogen (secondary N) is 1. The molecule has 0 atom stereocenters. The first kappa shape index (κ1) is 13.2. The van der Waals surface area contributed by atoms with Crippen molar-refractivity contribution in [2.24, 2.45) is 7.05 Å². The lowest BCUT2D eigenvalue weighted by Crippen LogP contribution is -2.17. The maximum Gasteiger partial charge on any atom is 0.269 e. The summed E-state index contributed by atoms with van der Waals surface area (Å²) in [4.78, 5) is 14.4. The molecule has 1 N–H and O–H groups in total. The minimum Gasteiger partial charge on any atom is -0.312 e. The van der Waals surface area contributed by atoms with Crippen LogP contribution in [0, 0.1) is 10.1 Å². The highest BCUT2D eigenvalue weighted by Crippen LogP contribution is 2.12. The van der Waals surface area contributed by atoms with Crippen LogP contribution in [0.1, 0.15) is 11.4 Å². The Morgan fingerprint density at radius 1 is 1.47 bits per heavy atom. The van der Waals surface area contributed by atoms with Crippen LogP contribution in [0.4, 0.5) is 5.69 Å². The zero-order chi connectivity index (χ0) is 13.7. The fourth-order valence-corrected chi connectivity index (χ4v) is 1.71. The van der Waals surface area contributed by atoms with Gasteiger partial charge in [-0.3, -0.25) is 14.8 Å². The zero-order valence-corrected chi connectivity index (χ0v) is 10.6. The van der Waals surface area contributed by atoms with Crippen LogP contribution in [0.3, 0.4) is 0 Å². The number of hydrogen-bond donors (Lipinski definition) is 1.